The molecule has 0 radical (unpaired) electrons. The number of nitrogens with one attached hydrogen (secondary N) is 2. The van der Waals surface area contributed by atoms with Crippen LogP contribution in [0.25, 0.3) is 10.2 Å². The first-order valence-corrected chi connectivity index (χ1v) is 13.0. The predicted molar refractivity (Wildman–Crippen MR) is 141 cm³/mol. The fraction of sp³-hybridized carbons (Fsp3) is 0.200. The van der Waals surface area contributed by atoms with E-state index in [9.17, 15) is 18.4 Å². The number of likely N-dealkylation sites (N-methyl/N-ethyl adjacent to an activating group) is 1. The number of aromatic nitrogens is 2. The maximum Gasteiger partial charge on any atom is 0.326 e. The Labute approximate surface area is 220 Å². The molecule has 12 heteroatoms. The van der Waals surface area contributed by atoms with Crippen molar-refractivity contribution in [1.82, 2.24) is 20.0 Å². The number of anilines is 2. The lowest BCUT2D eigenvalue weighted by Gasteiger charge is -2.25. The number of thiazole rings is 1. The monoisotopic (exact) mass is 540 g/mol. The lowest BCUT2D eigenvalue weighted by atomic mass is 10.0. The van der Waals surface area contributed by atoms with E-state index in [0.29, 0.717) is 12.2 Å². The van der Waals surface area contributed by atoms with Gasteiger partial charge in [-0.2, -0.15) is 0 Å². The summed E-state index contributed by atoms with van der Waals surface area (Å²) in [5.74, 6) is -1.20. The van der Waals surface area contributed by atoms with Gasteiger partial charge in [0.15, 0.2) is 0 Å². The second-order valence-electron chi connectivity index (χ2n) is 8.44. The zero-order valence-corrected chi connectivity index (χ0v) is 21.3. The van der Waals surface area contributed by atoms with Crippen LogP contribution < -0.4 is 19.2 Å². The average Bonchev–Trinajstić information content (AvgIpc) is 3.52. The van der Waals surface area contributed by atoms with Crippen LogP contribution >= 0.6 is 23.5 Å². The van der Waals surface area contributed by atoms with Crippen molar-refractivity contribution in [3.8, 4) is 0 Å². The van der Waals surface area contributed by atoms with E-state index in [4.69, 9.17) is 0 Å². The van der Waals surface area contributed by atoms with Gasteiger partial charge in [0, 0.05) is 38.0 Å². The Morgan fingerprint density at radius 1 is 1.16 bits per heavy atom. The third-order valence-electron chi connectivity index (χ3n) is 5.93. The molecule has 8 nitrogen and oxygen atoms in total. The molecule has 2 N–H and O–H groups in total. The number of benzene rings is 2. The van der Waals surface area contributed by atoms with Crippen molar-refractivity contribution in [2.24, 2.45) is 0 Å². The normalized spacial score (nSPS) is 13.3. The molecule has 1 atom stereocenters. The van der Waals surface area contributed by atoms with E-state index in [-0.39, 0.29) is 12.0 Å². The van der Waals surface area contributed by atoms with E-state index in [1.807, 2.05) is 22.5 Å². The molecule has 4 aromatic rings. The molecular weight excluding hydrogens is 518 g/mol. The molecular formula is C25H22F2N6O2S2. The second kappa shape index (κ2) is 10.7. The molecule has 3 heterocycles. The third-order valence-corrected chi connectivity index (χ3v) is 7.60. The van der Waals surface area contributed by atoms with Crippen LogP contribution in [0.5, 0.6) is 0 Å². The summed E-state index contributed by atoms with van der Waals surface area (Å²) in [6.07, 6.45) is 2.38. The molecule has 0 saturated heterocycles. The number of rotatable bonds is 7. The Bertz CT molecular complexity index is 1450. The zero-order valence-electron chi connectivity index (χ0n) is 19.6. The summed E-state index contributed by atoms with van der Waals surface area (Å²) in [5.41, 5.74) is 4.36. The molecule has 0 fully saturated rings. The molecule has 1 aliphatic heterocycles. The van der Waals surface area contributed by atoms with Crippen molar-refractivity contribution in [1.29, 1.82) is 0 Å². The molecule has 0 spiro atoms. The Hall–Kier alpha value is -3.77. The number of carbonyl (C=O) groups excluding carboxylic acids is 2. The number of hydrogen-bond acceptors (Lipinski definition) is 7. The highest BCUT2D eigenvalue weighted by Crippen LogP contribution is 2.29. The van der Waals surface area contributed by atoms with Gasteiger partial charge in [-0.15, -0.1) is 11.3 Å². The fourth-order valence-corrected chi connectivity index (χ4v) is 5.48. The van der Waals surface area contributed by atoms with Gasteiger partial charge in [-0.05, 0) is 53.9 Å². The molecule has 1 unspecified atom stereocenters. The maximum atomic E-state index is 13.8. The number of amides is 3. The molecule has 0 bridgehead atoms. The van der Waals surface area contributed by atoms with Crippen molar-refractivity contribution < 1.29 is 18.4 Å². The molecule has 0 saturated carbocycles. The summed E-state index contributed by atoms with van der Waals surface area (Å²) in [7, 11) is 1.58. The van der Waals surface area contributed by atoms with Crippen LogP contribution in [-0.4, -0.2) is 41.5 Å². The van der Waals surface area contributed by atoms with Gasteiger partial charge in [0.05, 0.1) is 27.9 Å². The highest BCUT2D eigenvalue weighted by Gasteiger charge is 2.27. The minimum atomic E-state index is -1.10. The Kier molecular flexibility index (Phi) is 7.19. The number of nitrogens with zero attached hydrogens (tertiary/aromatic N) is 4. The van der Waals surface area contributed by atoms with Crippen molar-refractivity contribution in [2.75, 3.05) is 22.8 Å². The van der Waals surface area contributed by atoms with E-state index in [1.165, 1.54) is 16.2 Å². The quantitative estimate of drug-likeness (QED) is 0.336. The lowest BCUT2D eigenvalue weighted by Crippen LogP contribution is -2.51. The van der Waals surface area contributed by atoms with Crippen LogP contribution in [0.2, 0.25) is 0 Å². The van der Waals surface area contributed by atoms with Crippen molar-refractivity contribution >= 4 is 57.1 Å². The van der Waals surface area contributed by atoms with Crippen LogP contribution in [-0.2, 0) is 17.6 Å². The molecule has 190 valence electrons. The van der Waals surface area contributed by atoms with Crippen LogP contribution in [0, 0.1) is 11.6 Å². The smallest absolute Gasteiger partial charge is 0.325 e. The standard InChI is InChI=1S/C25H22F2N6O2S2/c1-32(19-4-5-22-20(13-19)29-14-36-22)24(34)21(11-15-9-17(26)12-18(27)10-15)30-25(35)31-37-33-8-6-16-3-2-7-28-23(16)33/h2-5,7,9-10,12-14,21H,6,8,11H2,1H3,(H2,30,31,35). The Balaban J connectivity index is 1.32. The summed E-state index contributed by atoms with van der Waals surface area (Å²) in [5, 5.41) is 2.67. The molecule has 1 aliphatic rings. The van der Waals surface area contributed by atoms with Crippen molar-refractivity contribution in [3.63, 3.8) is 0 Å². The van der Waals surface area contributed by atoms with Gasteiger partial charge in [-0.1, -0.05) is 6.07 Å². The molecule has 3 amide bonds. The first-order valence-electron chi connectivity index (χ1n) is 11.4. The van der Waals surface area contributed by atoms with Gasteiger partial charge < -0.3 is 10.2 Å². The van der Waals surface area contributed by atoms with E-state index >= 15 is 0 Å². The van der Waals surface area contributed by atoms with Gasteiger partial charge >= 0.3 is 6.03 Å². The molecule has 2 aromatic heterocycles. The zero-order chi connectivity index (χ0) is 25.9. The van der Waals surface area contributed by atoms with Gasteiger partial charge in [-0.3, -0.25) is 13.8 Å². The summed E-state index contributed by atoms with van der Waals surface area (Å²) >= 11 is 2.55. The van der Waals surface area contributed by atoms with Crippen LogP contribution in [0.15, 0.2) is 60.2 Å². The number of pyridine rings is 1. The van der Waals surface area contributed by atoms with Crippen molar-refractivity contribution in [3.05, 3.63) is 83.0 Å². The summed E-state index contributed by atoms with van der Waals surface area (Å²) in [6, 6.07) is 10.6. The van der Waals surface area contributed by atoms with Gasteiger partial charge in [-0.25, -0.2) is 23.5 Å². The number of hydrogen-bond donors (Lipinski definition) is 2. The number of fused-ring (bicyclic) bond motifs is 2. The minimum Gasteiger partial charge on any atom is -0.325 e. The molecule has 5 rings (SSSR count). The van der Waals surface area contributed by atoms with Crippen LogP contribution in [0.3, 0.4) is 0 Å². The minimum absolute atomic E-state index is 0.108. The molecule has 2 aromatic carbocycles. The third kappa shape index (κ3) is 5.65. The fourth-order valence-electron chi connectivity index (χ4n) is 4.13. The Morgan fingerprint density at radius 2 is 1.97 bits per heavy atom. The predicted octanol–water partition coefficient (Wildman–Crippen LogP) is 4.47. The van der Waals surface area contributed by atoms with E-state index in [0.717, 1.165) is 58.4 Å². The lowest BCUT2D eigenvalue weighted by molar-refractivity contribution is -0.120. The van der Waals surface area contributed by atoms with E-state index < -0.39 is 29.6 Å². The summed E-state index contributed by atoms with van der Waals surface area (Å²) < 4.78 is 33.2. The van der Waals surface area contributed by atoms with Crippen LogP contribution in [0.1, 0.15) is 11.1 Å². The highest BCUT2D eigenvalue weighted by molar-refractivity contribution is 7.99. The second-order valence-corrected chi connectivity index (χ2v) is 10.2. The molecule has 0 aliphatic carbocycles. The van der Waals surface area contributed by atoms with Gasteiger partial charge in [0.25, 0.3) is 0 Å². The van der Waals surface area contributed by atoms with Crippen LogP contribution in [0.4, 0.5) is 25.1 Å². The number of carbonyl (C=O) groups is 2. The summed E-state index contributed by atoms with van der Waals surface area (Å²) in [4.78, 5) is 36.4. The number of halogens is 2. The maximum absolute atomic E-state index is 13.8. The topological polar surface area (TPSA) is 90.5 Å². The SMILES string of the molecule is CN(C(=O)C(Cc1cc(F)cc(F)c1)NC(=O)NSN1CCc2cccnc21)c1ccc2scnc2c1. The highest BCUT2D eigenvalue weighted by atomic mass is 32.2. The van der Waals surface area contributed by atoms with Crippen molar-refractivity contribution in [2.45, 2.75) is 18.9 Å². The molecule has 37 heavy (non-hydrogen) atoms. The van der Waals surface area contributed by atoms with Gasteiger partial charge in [0.1, 0.15) is 23.5 Å². The summed E-state index contributed by atoms with van der Waals surface area (Å²) in [6.45, 7) is 0.671. The first kappa shape index (κ1) is 24.9. The number of urea groups is 1. The van der Waals surface area contributed by atoms with Gasteiger partial charge in [0.2, 0.25) is 5.91 Å². The first-order chi connectivity index (χ1) is 17.9. The van der Waals surface area contributed by atoms with E-state index in [2.05, 4.69) is 20.0 Å². The van der Waals surface area contributed by atoms with E-state index in [1.54, 1.807) is 30.9 Å². The largest absolute Gasteiger partial charge is 0.326 e. The average molecular weight is 541 g/mol. The Morgan fingerprint density at radius 3 is 2.78 bits per heavy atom.